The lowest BCUT2D eigenvalue weighted by atomic mass is 10.2. The van der Waals surface area contributed by atoms with Gasteiger partial charge in [-0.05, 0) is 31.2 Å². The van der Waals surface area contributed by atoms with Gasteiger partial charge in [0.05, 0.1) is 6.54 Å². The van der Waals surface area contributed by atoms with E-state index in [1.807, 2.05) is 24.3 Å². The Labute approximate surface area is 77.7 Å². The summed E-state index contributed by atoms with van der Waals surface area (Å²) in [5.41, 5.74) is 7.49. The summed E-state index contributed by atoms with van der Waals surface area (Å²) in [5.74, 6) is 0.979. The standard InChI is InChI=1S/C10H13N3/c1-7-6-12-10(13-7)8-2-4-9(11)5-3-8/h2-5,7H,6,11H2,1H3,(H,12,13)/t7-/m1/s1. The molecule has 1 atom stereocenters. The first kappa shape index (κ1) is 8.10. The monoisotopic (exact) mass is 175 g/mol. The Hall–Kier alpha value is -1.51. The molecule has 0 aliphatic carbocycles. The molecule has 0 fully saturated rings. The Balaban J connectivity index is 2.22. The highest BCUT2D eigenvalue weighted by Gasteiger charge is 2.13. The highest BCUT2D eigenvalue weighted by atomic mass is 15.1. The highest BCUT2D eigenvalue weighted by Crippen LogP contribution is 2.08. The third kappa shape index (κ3) is 1.64. The van der Waals surface area contributed by atoms with Crippen LogP contribution in [0.25, 0.3) is 0 Å². The lowest BCUT2D eigenvalue weighted by Gasteiger charge is -2.05. The molecular weight excluding hydrogens is 162 g/mol. The van der Waals surface area contributed by atoms with Gasteiger partial charge in [0.2, 0.25) is 0 Å². The molecule has 3 N–H and O–H groups in total. The van der Waals surface area contributed by atoms with Gasteiger partial charge in [0.25, 0.3) is 0 Å². The molecule has 0 radical (unpaired) electrons. The van der Waals surface area contributed by atoms with Crippen molar-refractivity contribution in [3.05, 3.63) is 29.8 Å². The molecule has 0 bridgehead atoms. The first-order valence-electron chi connectivity index (χ1n) is 4.42. The predicted octanol–water partition coefficient (Wildman–Crippen LogP) is 1.01. The summed E-state index contributed by atoms with van der Waals surface area (Å²) in [5, 5.41) is 3.30. The van der Waals surface area contributed by atoms with Crippen LogP contribution in [0.15, 0.2) is 29.3 Å². The maximum absolute atomic E-state index is 5.59. The number of nitrogens with zero attached hydrogens (tertiary/aromatic N) is 1. The van der Waals surface area contributed by atoms with Gasteiger partial charge in [-0.1, -0.05) is 0 Å². The average molecular weight is 175 g/mol. The third-order valence-electron chi connectivity index (χ3n) is 2.09. The summed E-state index contributed by atoms with van der Waals surface area (Å²) < 4.78 is 0. The van der Waals surface area contributed by atoms with E-state index in [2.05, 4.69) is 17.2 Å². The zero-order valence-corrected chi connectivity index (χ0v) is 7.62. The van der Waals surface area contributed by atoms with Gasteiger partial charge < -0.3 is 11.1 Å². The molecule has 3 nitrogen and oxygen atoms in total. The summed E-state index contributed by atoms with van der Waals surface area (Å²) in [7, 11) is 0. The van der Waals surface area contributed by atoms with E-state index in [9.17, 15) is 0 Å². The van der Waals surface area contributed by atoms with Crippen molar-refractivity contribution in [1.29, 1.82) is 0 Å². The molecule has 3 heteroatoms. The van der Waals surface area contributed by atoms with E-state index in [-0.39, 0.29) is 0 Å². The number of nitrogens with one attached hydrogen (secondary N) is 1. The van der Waals surface area contributed by atoms with Gasteiger partial charge in [0.15, 0.2) is 0 Å². The van der Waals surface area contributed by atoms with Crippen LogP contribution in [0.2, 0.25) is 0 Å². The first-order valence-corrected chi connectivity index (χ1v) is 4.42. The molecule has 2 rings (SSSR count). The molecule has 0 amide bonds. The molecule has 1 aliphatic heterocycles. The fourth-order valence-electron chi connectivity index (χ4n) is 1.37. The largest absolute Gasteiger partial charge is 0.399 e. The van der Waals surface area contributed by atoms with Crippen LogP contribution in [0.5, 0.6) is 0 Å². The summed E-state index contributed by atoms with van der Waals surface area (Å²) in [6.07, 6.45) is 0. The lowest BCUT2D eigenvalue weighted by molar-refractivity contribution is 0.726. The zero-order chi connectivity index (χ0) is 9.26. The molecule has 0 unspecified atom stereocenters. The van der Waals surface area contributed by atoms with Gasteiger partial charge in [0.1, 0.15) is 5.84 Å². The van der Waals surface area contributed by atoms with Crippen molar-refractivity contribution in [1.82, 2.24) is 5.32 Å². The smallest absolute Gasteiger partial charge is 0.128 e. The third-order valence-corrected chi connectivity index (χ3v) is 2.09. The minimum absolute atomic E-state index is 0.451. The highest BCUT2D eigenvalue weighted by molar-refractivity contribution is 6.00. The summed E-state index contributed by atoms with van der Waals surface area (Å²) in [6.45, 7) is 2.98. The van der Waals surface area contributed by atoms with Crippen LogP contribution in [-0.4, -0.2) is 18.4 Å². The molecule has 0 spiro atoms. The lowest BCUT2D eigenvalue weighted by Crippen LogP contribution is -2.27. The molecule has 0 saturated heterocycles. The maximum Gasteiger partial charge on any atom is 0.128 e. The van der Waals surface area contributed by atoms with E-state index in [1.54, 1.807) is 0 Å². The Morgan fingerprint density at radius 2 is 2.08 bits per heavy atom. The topological polar surface area (TPSA) is 50.4 Å². The van der Waals surface area contributed by atoms with Crippen molar-refractivity contribution >= 4 is 11.5 Å². The van der Waals surface area contributed by atoms with Crippen molar-refractivity contribution in [2.75, 3.05) is 12.3 Å². The quantitative estimate of drug-likeness (QED) is 0.626. The van der Waals surface area contributed by atoms with Crippen LogP contribution in [0.4, 0.5) is 5.69 Å². The molecule has 1 heterocycles. The van der Waals surface area contributed by atoms with Crippen molar-refractivity contribution < 1.29 is 0 Å². The minimum atomic E-state index is 0.451. The number of hydrogen-bond acceptors (Lipinski definition) is 3. The van der Waals surface area contributed by atoms with Crippen molar-refractivity contribution in [3.63, 3.8) is 0 Å². The molecular formula is C10H13N3. The molecule has 13 heavy (non-hydrogen) atoms. The van der Waals surface area contributed by atoms with Gasteiger partial charge in [-0.2, -0.15) is 0 Å². The molecule has 1 aromatic rings. The number of nitrogens with two attached hydrogens (primary N) is 1. The number of nitrogen functional groups attached to an aromatic ring is 1. The van der Waals surface area contributed by atoms with Crippen LogP contribution >= 0.6 is 0 Å². The molecule has 1 aromatic carbocycles. The van der Waals surface area contributed by atoms with Gasteiger partial charge in [0, 0.05) is 17.3 Å². The van der Waals surface area contributed by atoms with Crippen molar-refractivity contribution in [2.24, 2.45) is 4.99 Å². The Morgan fingerprint density at radius 1 is 1.38 bits per heavy atom. The number of hydrogen-bond donors (Lipinski definition) is 2. The van der Waals surface area contributed by atoms with Crippen LogP contribution < -0.4 is 11.1 Å². The van der Waals surface area contributed by atoms with E-state index in [1.165, 1.54) is 0 Å². The fourth-order valence-corrected chi connectivity index (χ4v) is 1.37. The number of benzene rings is 1. The van der Waals surface area contributed by atoms with Crippen LogP contribution in [0.1, 0.15) is 12.5 Å². The predicted molar refractivity (Wildman–Crippen MR) is 54.9 cm³/mol. The van der Waals surface area contributed by atoms with E-state index < -0.39 is 0 Å². The maximum atomic E-state index is 5.59. The summed E-state index contributed by atoms with van der Waals surface area (Å²) in [4.78, 5) is 4.38. The van der Waals surface area contributed by atoms with Gasteiger partial charge in [-0.25, -0.2) is 0 Å². The SMILES string of the molecule is C[C@@H]1CN=C(c2ccc(N)cc2)N1. The van der Waals surface area contributed by atoms with Crippen LogP contribution in [0.3, 0.4) is 0 Å². The number of amidine groups is 1. The fraction of sp³-hybridized carbons (Fsp3) is 0.300. The second-order valence-electron chi connectivity index (χ2n) is 3.36. The van der Waals surface area contributed by atoms with Gasteiger partial charge in [-0.3, -0.25) is 4.99 Å². The minimum Gasteiger partial charge on any atom is -0.399 e. The number of anilines is 1. The van der Waals surface area contributed by atoms with Crippen molar-refractivity contribution in [3.8, 4) is 0 Å². The van der Waals surface area contributed by atoms with E-state index in [4.69, 9.17) is 5.73 Å². The second-order valence-corrected chi connectivity index (χ2v) is 3.36. The molecule has 1 aliphatic rings. The second kappa shape index (κ2) is 3.09. The Kier molecular flexibility index (Phi) is 1.93. The summed E-state index contributed by atoms with van der Waals surface area (Å²) in [6, 6.07) is 8.20. The van der Waals surface area contributed by atoms with Crippen LogP contribution in [-0.2, 0) is 0 Å². The first-order chi connectivity index (χ1) is 6.25. The number of aliphatic imine (C=N–C) groups is 1. The summed E-state index contributed by atoms with van der Waals surface area (Å²) >= 11 is 0. The Morgan fingerprint density at radius 3 is 2.62 bits per heavy atom. The number of rotatable bonds is 1. The van der Waals surface area contributed by atoms with Gasteiger partial charge >= 0.3 is 0 Å². The molecule has 0 saturated carbocycles. The van der Waals surface area contributed by atoms with E-state index >= 15 is 0 Å². The van der Waals surface area contributed by atoms with E-state index in [0.717, 1.165) is 23.6 Å². The average Bonchev–Trinajstić information content (AvgIpc) is 2.53. The Bertz CT molecular complexity index is 327. The van der Waals surface area contributed by atoms with E-state index in [0.29, 0.717) is 6.04 Å². The van der Waals surface area contributed by atoms with Crippen LogP contribution in [0, 0.1) is 0 Å². The molecule has 0 aromatic heterocycles. The zero-order valence-electron chi connectivity index (χ0n) is 7.62. The van der Waals surface area contributed by atoms with Gasteiger partial charge in [-0.15, -0.1) is 0 Å². The molecule has 68 valence electrons. The van der Waals surface area contributed by atoms with Crippen molar-refractivity contribution in [2.45, 2.75) is 13.0 Å². The normalized spacial score (nSPS) is 21.0.